The lowest BCUT2D eigenvalue weighted by Gasteiger charge is -2.32. The first kappa shape index (κ1) is 18.5. The monoisotopic (exact) mass is 402 g/mol. The van der Waals surface area contributed by atoms with Gasteiger partial charge >= 0.3 is 0 Å². The van der Waals surface area contributed by atoms with Gasteiger partial charge in [-0.2, -0.15) is 0 Å². The van der Waals surface area contributed by atoms with Crippen LogP contribution in [0.3, 0.4) is 0 Å². The van der Waals surface area contributed by atoms with Gasteiger partial charge in [0, 0.05) is 31.9 Å². The molecule has 1 saturated heterocycles. The Hall–Kier alpha value is -1.89. The van der Waals surface area contributed by atoms with Gasteiger partial charge < -0.3 is 10.1 Å². The van der Waals surface area contributed by atoms with Gasteiger partial charge in [-0.3, -0.25) is 4.90 Å². The molecule has 0 aliphatic carbocycles. The average molecular weight is 403 g/mol. The largest absolute Gasteiger partial charge is 0.492 e. The van der Waals surface area contributed by atoms with Gasteiger partial charge in [-0.15, -0.1) is 0 Å². The molecular weight excluding hydrogens is 380 g/mol. The summed E-state index contributed by atoms with van der Waals surface area (Å²) < 4.78 is 5.60. The van der Waals surface area contributed by atoms with Crippen LogP contribution in [0, 0.1) is 0 Å². The van der Waals surface area contributed by atoms with Crippen molar-refractivity contribution in [3.8, 4) is 5.75 Å². The fraction of sp³-hybridized carbons (Fsp3) is 0.400. The second-order valence-electron chi connectivity index (χ2n) is 6.74. The van der Waals surface area contributed by atoms with E-state index in [4.69, 9.17) is 16.3 Å². The van der Waals surface area contributed by atoms with E-state index in [1.165, 1.54) is 5.56 Å². The number of nitrogens with one attached hydrogen (secondary N) is 1. The Balaban J connectivity index is 1.31. The topological polar surface area (TPSA) is 50.3 Å². The smallest absolute Gasteiger partial charge is 0.185 e. The third-order valence-corrected chi connectivity index (χ3v) is 6.01. The molecule has 1 fully saturated rings. The van der Waals surface area contributed by atoms with Crippen LogP contribution >= 0.6 is 22.9 Å². The Morgan fingerprint density at radius 3 is 2.93 bits per heavy atom. The number of thiazole rings is 1. The maximum absolute atomic E-state index is 6.19. The Morgan fingerprint density at radius 1 is 1.30 bits per heavy atom. The highest BCUT2D eigenvalue weighted by atomic mass is 35.5. The van der Waals surface area contributed by atoms with E-state index in [9.17, 15) is 0 Å². The first-order chi connectivity index (χ1) is 13.2. The molecule has 1 N–H and O–H groups in total. The quantitative estimate of drug-likeness (QED) is 0.640. The highest BCUT2D eigenvalue weighted by molar-refractivity contribution is 7.21. The number of hydrogen-bond acceptors (Lipinski definition) is 6. The van der Waals surface area contributed by atoms with Gasteiger partial charge in [-0.1, -0.05) is 29.0 Å². The number of likely N-dealkylation sites (tertiary alicyclic amines) is 1. The number of pyridine rings is 1. The Morgan fingerprint density at radius 2 is 2.15 bits per heavy atom. The van der Waals surface area contributed by atoms with Crippen LogP contribution in [0.5, 0.6) is 5.75 Å². The average Bonchev–Trinajstić information content (AvgIpc) is 3.08. The predicted molar refractivity (Wildman–Crippen MR) is 112 cm³/mol. The number of benzene rings is 1. The minimum absolute atomic E-state index is 0.464. The Bertz CT molecular complexity index is 875. The maximum atomic E-state index is 6.19. The van der Waals surface area contributed by atoms with E-state index in [2.05, 4.69) is 32.3 Å². The summed E-state index contributed by atoms with van der Waals surface area (Å²) in [6.45, 7) is 5.65. The van der Waals surface area contributed by atoms with Crippen molar-refractivity contribution in [3.63, 3.8) is 0 Å². The number of fused-ring (bicyclic) bond motifs is 1. The van der Waals surface area contributed by atoms with Crippen molar-refractivity contribution in [3.05, 3.63) is 47.1 Å². The van der Waals surface area contributed by atoms with E-state index >= 15 is 0 Å². The molecule has 7 heteroatoms. The van der Waals surface area contributed by atoms with Crippen molar-refractivity contribution >= 4 is 38.4 Å². The molecule has 0 spiro atoms. The third-order valence-electron chi connectivity index (χ3n) is 4.78. The van der Waals surface area contributed by atoms with Crippen molar-refractivity contribution in [2.45, 2.75) is 32.4 Å². The molecule has 0 saturated carbocycles. The summed E-state index contributed by atoms with van der Waals surface area (Å²) in [6.07, 6.45) is 4.03. The van der Waals surface area contributed by atoms with Gasteiger partial charge in [0.05, 0.1) is 11.6 Å². The number of halogens is 1. The fourth-order valence-electron chi connectivity index (χ4n) is 3.41. The molecule has 2 aromatic heterocycles. The lowest BCUT2D eigenvalue weighted by molar-refractivity contribution is 0.211. The molecule has 142 valence electrons. The first-order valence-corrected chi connectivity index (χ1v) is 10.5. The number of hydrogen-bond donors (Lipinski definition) is 1. The van der Waals surface area contributed by atoms with E-state index in [1.807, 2.05) is 31.3 Å². The molecule has 0 unspecified atom stereocenters. The number of piperidine rings is 1. The van der Waals surface area contributed by atoms with Crippen LogP contribution < -0.4 is 10.1 Å². The molecule has 3 aromatic rings. The van der Waals surface area contributed by atoms with Gasteiger partial charge in [-0.25, -0.2) is 9.97 Å². The van der Waals surface area contributed by atoms with Crippen molar-refractivity contribution in [1.82, 2.24) is 14.9 Å². The van der Waals surface area contributed by atoms with E-state index < -0.39 is 0 Å². The standard InChI is InChI=1S/C20H23ClN4OS/c1-2-26-18-12-14(5-6-16(18)21)13-25-10-7-15(8-11-25)23-20-24-17-4-3-9-22-19(17)27-20/h3-6,9,12,15H,2,7-8,10-11,13H2,1H3,(H,23,24). The molecule has 0 amide bonds. The van der Waals surface area contributed by atoms with Crippen LogP contribution in [0.4, 0.5) is 5.13 Å². The molecule has 1 aromatic carbocycles. The van der Waals surface area contributed by atoms with E-state index in [-0.39, 0.29) is 0 Å². The number of nitrogens with zero attached hydrogens (tertiary/aromatic N) is 3. The molecule has 3 heterocycles. The normalized spacial score (nSPS) is 15.9. The minimum Gasteiger partial charge on any atom is -0.492 e. The summed E-state index contributed by atoms with van der Waals surface area (Å²) in [7, 11) is 0. The van der Waals surface area contributed by atoms with Gasteiger partial charge in [0.25, 0.3) is 0 Å². The first-order valence-electron chi connectivity index (χ1n) is 9.33. The van der Waals surface area contributed by atoms with Crippen LogP contribution in [0.25, 0.3) is 10.3 Å². The fourth-order valence-corrected chi connectivity index (χ4v) is 4.47. The van der Waals surface area contributed by atoms with E-state index in [0.29, 0.717) is 17.7 Å². The molecule has 5 nitrogen and oxygen atoms in total. The third kappa shape index (κ3) is 4.51. The molecule has 1 aliphatic rings. The van der Waals surface area contributed by atoms with E-state index in [0.717, 1.165) is 53.7 Å². The molecular formula is C20H23ClN4OS. The van der Waals surface area contributed by atoms with Gasteiger partial charge in [-0.05, 0) is 49.6 Å². The minimum atomic E-state index is 0.464. The number of ether oxygens (including phenoxy) is 1. The molecule has 0 radical (unpaired) electrons. The lowest BCUT2D eigenvalue weighted by atomic mass is 10.0. The van der Waals surface area contributed by atoms with Crippen LogP contribution in [-0.2, 0) is 6.54 Å². The second-order valence-corrected chi connectivity index (χ2v) is 8.12. The maximum Gasteiger partial charge on any atom is 0.185 e. The summed E-state index contributed by atoms with van der Waals surface area (Å²) in [5.41, 5.74) is 2.21. The summed E-state index contributed by atoms with van der Waals surface area (Å²) in [5.74, 6) is 0.776. The lowest BCUT2D eigenvalue weighted by Crippen LogP contribution is -2.38. The molecule has 0 bridgehead atoms. The molecule has 27 heavy (non-hydrogen) atoms. The zero-order valence-electron chi connectivity index (χ0n) is 15.3. The summed E-state index contributed by atoms with van der Waals surface area (Å²) in [5, 5.41) is 5.24. The van der Waals surface area contributed by atoms with Gasteiger partial charge in [0.1, 0.15) is 16.1 Å². The van der Waals surface area contributed by atoms with Gasteiger partial charge in [0.15, 0.2) is 5.13 Å². The number of anilines is 1. The number of rotatable bonds is 6. The Labute approximate surface area is 168 Å². The number of aromatic nitrogens is 2. The summed E-state index contributed by atoms with van der Waals surface area (Å²) in [4.78, 5) is 12.5. The zero-order chi connectivity index (χ0) is 18.6. The summed E-state index contributed by atoms with van der Waals surface area (Å²) >= 11 is 7.82. The Kier molecular flexibility index (Phi) is 5.76. The highest BCUT2D eigenvalue weighted by Crippen LogP contribution is 2.28. The molecule has 1 aliphatic heterocycles. The van der Waals surface area contributed by atoms with Crippen LogP contribution in [0.2, 0.25) is 5.02 Å². The van der Waals surface area contributed by atoms with Crippen molar-refractivity contribution < 1.29 is 4.74 Å². The summed E-state index contributed by atoms with van der Waals surface area (Å²) in [6, 6.07) is 10.5. The van der Waals surface area contributed by atoms with Gasteiger partial charge in [0.2, 0.25) is 0 Å². The molecule has 0 atom stereocenters. The van der Waals surface area contributed by atoms with Crippen LogP contribution in [-0.4, -0.2) is 40.6 Å². The second kappa shape index (κ2) is 8.42. The van der Waals surface area contributed by atoms with Crippen LogP contribution in [0.15, 0.2) is 36.5 Å². The highest BCUT2D eigenvalue weighted by Gasteiger charge is 2.20. The van der Waals surface area contributed by atoms with Crippen molar-refractivity contribution in [2.24, 2.45) is 0 Å². The SMILES string of the molecule is CCOc1cc(CN2CCC(Nc3nc4cccnc4s3)CC2)ccc1Cl. The zero-order valence-corrected chi connectivity index (χ0v) is 16.9. The molecule has 4 rings (SSSR count). The van der Waals surface area contributed by atoms with Crippen molar-refractivity contribution in [2.75, 3.05) is 25.0 Å². The van der Waals surface area contributed by atoms with Crippen LogP contribution in [0.1, 0.15) is 25.3 Å². The van der Waals surface area contributed by atoms with E-state index in [1.54, 1.807) is 11.3 Å². The predicted octanol–water partition coefficient (Wildman–Crippen LogP) is 4.82. The van der Waals surface area contributed by atoms with Crippen molar-refractivity contribution in [1.29, 1.82) is 0 Å².